The largest absolute Gasteiger partial charge is 0.387 e. The first-order chi connectivity index (χ1) is 10.5. The molecule has 2 aromatic rings. The first kappa shape index (κ1) is 15.1. The molecule has 1 aliphatic heterocycles. The Morgan fingerprint density at radius 3 is 2.77 bits per heavy atom. The molecule has 0 aliphatic carbocycles. The van der Waals surface area contributed by atoms with Gasteiger partial charge in [0, 0.05) is 37.0 Å². The average Bonchev–Trinajstić information content (AvgIpc) is 2.73. The van der Waals surface area contributed by atoms with Crippen molar-refractivity contribution in [1.82, 2.24) is 14.5 Å². The van der Waals surface area contributed by atoms with Crippen LogP contribution in [0.15, 0.2) is 18.2 Å². The summed E-state index contributed by atoms with van der Waals surface area (Å²) in [6, 6.07) is 3.26. The summed E-state index contributed by atoms with van der Waals surface area (Å²) in [6.07, 6.45) is -0.982. The third kappa shape index (κ3) is 2.76. The summed E-state index contributed by atoms with van der Waals surface area (Å²) in [5.74, 6) is -0.384. The van der Waals surface area contributed by atoms with Gasteiger partial charge in [0.05, 0.1) is 18.3 Å². The number of fused-ring (bicyclic) bond motifs is 1. The Labute approximate surface area is 128 Å². The normalized spacial score (nSPS) is 16.6. The highest BCUT2D eigenvalue weighted by atomic mass is 19.1. The van der Waals surface area contributed by atoms with Crippen LogP contribution in [0.2, 0.25) is 0 Å². The van der Waals surface area contributed by atoms with Crippen LogP contribution in [0.5, 0.6) is 0 Å². The molecule has 0 saturated carbocycles. The molecule has 1 aromatic carbocycles. The fourth-order valence-electron chi connectivity index (χ4n) is 2.93. The van der Waals surface area contributed by atoms with Crippen molar-refractivity contribution in [3.05, 3.63) is 52.6 Å². The first-order valence-electron chi connectivity index (χ1n) is 7.33. The molecule has 0 spiro atoms. The van der Waals surface area contributed by atoms with Crippen LogP contribution in [0.1, 0.15) is 28.9 Å². The summed E-state index contributed by atoms with van der Waals surface area (Å²) in [5, 5.41) is 10.2. The lowest BCUT2D eigenvalue weighted by atomic mass is 10.1. The van der Waals surface area contributed by atoms with Crippen LogP contribution in [-0.2, 0) is 13.1 Å². The number of benzene rings is 1. The maximum Gasteiger partial charge on any atom is 0.131 e. The summed E-state index contributed by atoms with van der Waals surface area (Å²) < 4.78 is 28.8. The van der Waals surface area contributed by atoms with Gasteiger partial charge in [-0.3, -0.25) is 4.90 Å². The van der Waals surface area contributed by atoms with Gasteiger partial charge in [-0.25, -0.2) is 13.8 Å². The minimum atomic E-state index is -0.982. The molecule has 1 atom stereocenters. The highest BCUT2D eigenvalue weighted by Gasteiger charge is 2.23. The number of hydrogen-bond donors (Lipinski definition) is 1. The van der Waals surface area contributed by atoms with Crippen molar-refractivity contribution in [1.29, 1.82) is 0 Å². The minimum absolute atomic E-state index is 0.127. The molecule has 3 rings (SSSR count). The highest BCUT2D eigenvalue weighted by molar-refractivity contribution is 5.21. The third-order valence-electron chi connectivity index (χ3n) is 4.29. The van der Waals surface area contributed by atoms with E-state index in [1.165, 1.54) is 11.8 Å². The van der Waals surface area contributed by atoms with Crippen molar-refractivity contribution in [2.75, 3.05) is 13.1 Å². The molecule has 0 fully saturated rings. The summed E-state index contributed by atoms with van der Waals surface area (Å²) in [4.78, 5) is 6.56. The van der Waals surface area contributed by atoms with Crippen molar-refractivity contribution in [3.8, 4) is 0 Å². The van der Waals surface area contributed by atoms with Gasteiger partial charge in [0.25, 0.3) is 0 Å². The van der Waals surface area contributed by atoms with Gasteiger partial charge in [-0.05, 0) is 19.9 Å². The van der Waals surface area contributed by atoms with E-state index in [-0.39, 0.29) is 5.56 Å². The average molecular weight is 307 g/mol. The van der Waals surface area contributed by atoms with Gasteiger partial charge < -0.3 is 9.67 Å². The van der Waals surface area contributed by atoms with Crippen LogP contribution in [0.4, 0.5) is 8.78 Å². The number of β-amino-alcohol motifs (C(OH)–C–C–N with tert-alkyl or cyclic N) is 1. The van der Waals surface area contributed by atoms with Gasteiger partial charge in [-0.15, -0.1) is 0 Å². The maximum atomic E-state index is 13.7. The van der Waals surface area contributed by atoms with E-state index in [0.717, 1.165) is 36.7 Å². The second-order valence-corrected chi connectivity index (χ2v) is 5.77. The fourth-order valence-corrected chi connectivity index (χ4v) is 2.93. The Hall–Kier alpha value is -1.79. The molecule has 4 nitrogen and oxygen atoms in total. The molecule has 1 aliphatic rings. The van der Waals surface area contributed by atoms with Crippen LogP contribution < -0.4 is 0 Å². The molecule has 0 unspecified atom stereocenters. The first-order valence-corrected chi connectivity index (χ1v) is 7.33. The molecule has 1 N–H and O–H groups in total. The Morgan fingerprint density at radius 2 is 2.05 bits per heavy atom. The van der Waals surface area contributed by atoms with Gasteiger partial charge in [0.15, 0.2) is 0 Å². The van der Waals surface area contributed by atoms with E-state index >= 15 is 0 Å². The van der Waals surface area contributed by atoms with Crippen LogP contribution in [-0.4, -0.2) is 32.6 Å². The second kappa shape index (κ2) is 5.78. The standard InChI is InChI=1S/C16H19F2N3O/c1-10-11(2)21-6-5-20(9-16(21)19-10)8-15(22)13-4-3-12(17)7-14(13)18/h3-4,7,15,22H,5-6,8-9H2,1-2H3/t15-/m0/s1. The molecule has 2 heterocycles. The van der Waals surface area contributed by atoms with Gasteiger partial charge in [-0.1, -0.05) is 6.07 Å². The zero-order chi connectivity index (χ0) is 15.9. The smallest absolute Gasteiger partial charge is 0.131 e. The second-order valence-electron chi connectivity index (χ2n) is 5.77. The van der Waals surface area contributed by atoms with Crippen molar-refractivity contribution in [2.45, 2.75) is 33.0 Å². The molecule has 0 saturated heterocycles. The Bertz CT molecular complexity index is 699. The molecule has 0 amide bonds. The van der Waals surface area contributed by atoms with E-state index < -0.39 is 17.7 Å². The molecule has 0 bridgehead atoms. The van der Waals surface area contributed by atoms with E-state index in [4.69, 9.17) is 0 Å². The number of nitrogens with zero attached hydrogens (tertiary/aromatic N) is 3. The zero-order valence-electron chi connectivity index (χ0n) is 12.7. The quantitative estimate of drug-likeness (QED) is 0.946. The van der Waals surface area contributed by atoms with Gasteiger partial charge in [-0.2, -0.15) is 0 Å². The molecule has 1 aromatic heterocycles. The van der Waals surface area contributed by atoms with E-state index in [2.05, 4.69) is 9.55 Å². The number of rotatable bonds is 3. The Morgan fingerprint density at radius 1 is 1.27 bits per heavy atom. The number of aromatic nitrogens is 2. The Kier molecular flexibility index (Phi) is 3.97. The molecular formula is C16H19F2N3O. The summed E-state index contributed by atoms with van der Waals surface area (Å²) in [7, 11) is 0. The van der Waals surface area contributed by atoms with Crippen LogP contribution in [0.25, 0.3) is 0 Å². The van der Waals surface area contributed by atoms with E-state index in [1.807, 2.05) is 18.7 Å². The van der Waals surface area contributed by atoms with Crippen LogP contribution in [0, 0.1) is 25.5 Å². The van der Waals surface area contributed by atoms with Crippen LogP contribution in [0.3, 0.4) is 0 Å². The predicted octanol–water partition coefficient (Wildman–Crippen LogP) is 2.33. The number of aliphatic hydroxyl groups excluding tert-OH is 1. The number of halogens is 2. The third-order valence-corrected chi connectivity index (χ3v) is 4.29. The number of aryl methyl sites for hydroxylation is 1. The van der Waals surface area contributed by atoms with Crippen molar-refractivity contribution in [3.63, 3.8) is 0 Å². The number of imidazole rings is 1. The fraction of sp³-hybridized carbons (Fsp3) is 0.438. The lowest BCUT2D eigenvalue weighted by Gasteiger charge is -2.30. The topological polar surface area (TPSA) is 41.3 Å². The molecule has 22 heavy (non-hydrogen) atoms. The zero-order valence-corrected chi connectivity index (χ0v) is 12.7. The SMILES string of the molecule is Cc1nc2n(c1C)CCN(C[C@H](O)c1ccc(F)cc1F)C2. The lowest BCUT2D eigenvalue weighted by Crippen LogP contribution is -2.37. The molecule has 0 radical (unpaired) electrons. The number of hydrogen-bond acceptors (Lipinski definition) is 3. The predicted molar refractivity (Wildman–Crippen MR) is 78.3 cm³/mol. The van der Waals surface area contributed by atoms with Gasteiger partial charge >= 0.3 is 0 Å². The summed E-state index contributed by atoms with van der Waals surface area (Å²) >= 11 is 0. The van der Waals surface area contributed by atoms with Crippen molar-refractivity contribution >= 4 is 0 Å². The van der Waals surface area contributed by atoms with Crippen molar-refractivity contribution in [2.24, 2.45) is 0 Å². The molecular weight excluding hydrogens is 288 g/mol. The van der Waals surface area contributed by atoms with Gasteiger partial charge in [0.1, 0.15) is 17.5 Å². The number of aliphatic hydroxyl groups is 1. The molecule has 118 valence electrons. The Balaban J connectivity index is 1.71. The monoisotopic (exact) mass is 307 g/mol. The maximum absolute atomic E-state index is 13.7. The lowest BCUT2D eigenvalue weighted by molar-refractivity contribution is 0.0934. The van der Waals surface area contributed by atoms with E-state index in [0.29, 0.717) is 13.1 Å². The van der Waals surface area contributed by atoms with Gasteiger partial charge in [0.2, 0.25) is 0 Å². The highest BCUT2D eigenvalue weighted by Crippen LogP contribution is 2.22. The van der Waals surface area contributed by atoms with E-state index in [1.54, 1.807) is 0 Å². The van der Waals surface area contributed by atoms with Crippen molar-refractivity contribution < 1.29 is 13.9 Å². The summed E-state index contributed by atoms with van der Waals surface area (Å²) in [5.41, 5.74) is 2.31. The van der Waals surface area contributed by atoms with Crippen LogP contribution >= 0.6 is 0 Å². The van der Waals surface area contributed by atoms with E-state index in [9.17, 15) is 13.9 Å². The summed E-state index contributed by atoms with van der Waals surface area (Å²) in [6.45, 7) is 6.52. The minimum Gasteiger partial charge on any atom is -0.387 e. The molecule has 6 heteroatoms.